The van der Waals surface area contributed by atoms with Crippen LogP contribution in [0, 0.1) is 10.1 Å². The number of nitro groups is 1. The van der Waals surface area contributed by atoms with Gasteiger partial charge in [-0.25, -0.2) is 13.1 Å². The van der Waals surface area contributed by atoms with Crippen molar-refractivity contribution in [2.75, 3.05) is 11.9 Å². The Morgan fingerprint density at radius 1 is 1.08 bits per heavy atom. The van der Waals surface area contributed by atoms with Gasteiger partial charge in [0.25, 0.3) is 5.69 Å². The monoisotopic (exact) mass is 377 g/mol. The Morgan fingerprint density at radius 3 is 2.35 bits per heavy atom. The zero-order chi connectivity index (χ0) is 19.2. The van der Waals surface area contributed by atoms with E-state index in [1.807, 2.05) is 38.1 Å². The highest BCUT2D eigenvalue weighted by molar-refractivity contribution is 7.89. The van der Waals surface area contributed by atoms with Crippen LogP contribution in [-0.2, 0) is 16.4 Å². The van der Waals surface area contributed by atoms with Gasteiger partial charge in [0.15, 0.2) is 0 Å². The molecule has 0 aromatic heterocycles. The minimum atomic E-state index is -3.77. The van der Waals surface area contributed by atoms with E-state index in [-0.39, 0.29) is 16.3 Å². The molecule has 0 unspecified atom stereocenters. The molecule has 2 aromatic rings. The van der Waals surface area contributed by atoms with Crippen molar-refractivity contribution in [3.8, 4) is 0 Å². The van der Waals surface area contributed by atoms with Crippen molar-refractivity contribution in [1.82, 2.24) is 4.72 Å². The highest BCUT2D eigenvalue weighted by Gasteiger charge is 2.21. The molecule has 0 heterocycles. The number of nitrogens with zero attached hydrogens (tertiary/aromatic N) is 1. The lowest BCUT2D eigenvalue weighted by Gasteiger charge is -2.10. The largest absolute Gasteiger partial charge is 0.350 e. The summed E-state index contributed by atoms with van der Waals surface area (Å²) in [5.41, 5.74) is 1.81. The van der Waals surface area contributed by atoms with Crippen LogP contribution in [0.15, 0.2) is 47.4 Å². The summed E-state index contributed by atoms with van der Waals surface area (Å²) in [6.45, 7) is 4.30. The van der Waals surface area contributed by atoms with E-state index in [2.05, 4.69) is 10.0 Å². The van der Waals surface area contributed by atoms with E-state index >= 15 is 0 Å². The predicted octanol–water partition coefficient (Wildman–Crippen LogP) is 3.98. The maximum Gasteiger partial charge on any atom is 0.294 e. The first-order chi connectivity index (χ1) is 12.4. The fourth-order valence-electron chi connectivity index (χ4n) is 2.38. The lowest BCUT2D eigenvalue weighted by atomic mass is 10.1. The molecule has 0 amide bonds. The standard InChI is InChI=1S/C18H23N3O4S/c1-3-5-12-19-26(24,25)16-10-11-17(18(13-16)21(22)23)20-15-8-6-14(4-2)7-9-15/h6-11,13,19-20H,3-5,12H2,1-2H3. The molecule has 2 rings (SSSR count). The number of rotatable bonds is 9. The lowest BCUT2D eigenvalue weighted by Crippen LogP contribution is -2.24. The highest BCUT2D eigenvalue weighted by Crippen LogP contribution is 2.30. The first kappa shape index (κ1) is 19.9. The Hall–Kier alpha value is -2.45. The second-order valence-electron chi connectivity index (χ2n) is 5.86. The lowest BCUT2D eigenvalue weighted by molar-refractivity contribution is -0.384. The molecule has 0 aliphatic rings. The minimum Gasteiger partial charge on any atom is -0.350 e. The summed E-state index contributed by atoms with van der Waals surface area (Å²) in [7, 11) is -3.77. The molecule has 0 bridgehead atoms. The zero-order valence-corrected chi connectivity index (χ0v) is 15.7. The van der Waals surface area contributed by atoms with Crippen LogP contribution in [-0.4, -0.2) is 19.9 Å². The molecule has 2 N–H and O–H groups in total. The van der Waals surface area contributed by atoms with Crippen LogP contribution in [0.4, 0.5) is 17.1 Å². The Kier molecular flexibility index (Phi) is 6.70. The molecule has 0 radical (unpaired) electrons. The van der Waals surface area contributed by atoms with E-state index in [1.54, 1.807) is 0 Å². The summed E-state index contributed by atoms with van der Waals surface area (Å²) >= 11 is 0. The molecule has 0 saturated heterocycles. The summed E-state index contributed by atoms with van der Waals surface area (Å²) in [6.07, 6.45) is 2.45. The van der Waals surface area contributed by atoms with Crippen LogP contribution in [0.5, 0.6) is 0 Å². The van der Waals surface area contributed by atoms with Crippen LogP contribution in [0.25, 0.3) is 0 Å². The van der Waals surface area contributed by atoms with Gasteiger partial charge in [0.05, 0.1) is 9.82 Å². The Labute approximate surface area is 153 Å². The van der Waals surface area contributed by atoms with Crippen molar-refractivity contribution in [2.24, 2.45) is 0 Å². The zero-order valence-electron chi connectivity index (χ0n) is 14.9. The molecule has 0 atom stereocenters. The Morgan fingerprint density at radius 2 is 1.77 bits per heavy atom. The summed E-state index contributed by atoms with van der Waals surface area (Å²) < 4.78 is 27.0. The van der Waals surface area contributed by atoms with Crippen molar-refractivity contribution >= 4 is 27.1 Å². The molecule has 0 aliphatic heterocycles. The second-order valence-corrected chi connectivity index (χ2v) is 7.63. The smallest absolute Gasteiger partial charge is 0.294 e. The van der Waals surface area contributed by atoms with Crippen molar-refractivity contribution in [3.63, 3.8) is 0 Å². The van der Waals surface area contributed by atoms with E-state index in [1.165, 1.54) is 12.1 Å². The summed E-state index contributed by atoms with van der Waals surface area (Å²) in [5.74, 6) is 0. The topological polar surface area (TPSA) is 101 Å². The van der Waals surface area contributed by atoms with Gasteiger partial charge >= 0.3 is 0 Å². The Bertz CT molecular complexity index is 865. The number of nitrogens with one attached hydrogen (secondary N) is 2. The van der Waals surface area contributed by atoms with Gasteiger partial charge in [-0.15, -0.1) is 0 Å². The van der Waals surface area contributed by atoms with Crippen molar-refractivity contribution < 1.29 is 13.3 Å². The number of benzene rings is 2. The predicted molar refractivity (Wildman–Crippen MR) is 102 cm³/mol. The summed E-state index contributed by atoms with van der Waals surface area (Å²) in [5, 5.41) is 14.4. The average molecular weight is 377 g/mol. The fourth-order valence-corrected chi connectivity index (χ4v) is 3.48. The van der Waals surface area contributed by atoms with Gasteiger partial charge in [0, 0.05) is 18.3 Å². The number of hydrogen-bond acceptors (Lipinski definition) is 5. The van der Waals surface area contributed by atoms with E-state index in [0.717, 1.165) is 24.5 Å². The third-order valence-corrected chi connectivity index (χ3v) is 5.40. The van der Waals surface area contributed by atoms with Crippen molar-refractivity contribution in [2.45, 2.75) is 38.0 Å². The van der Waals surface area contributed by atoms with Crippen LogP contribution < -0.4 is 10.0 Å². The number of sulfonamides is 1. The molecule has 140 valence electrons. The molecule has 7 nitrogen and oxygen atoms in total. The first-order valence-electron chi connectivity index (χ1n) is 8.51. The average Bonchev–Trinajstić information content (AvgIpc) is 2.62. The molecule has 0 saturated carbocycles. The van der Waals surface area contributed by atoms with Crippen LogP contribution in [0.2, 0.25) is 0 Å². The maximum atomic E-state index is 12.3. The SMILES string of the molecule is CCCCNS(=O)(=O)c1ccc(Nc2ccc(CC)cc2)c([N+](=O)[O-])c1. The third kappa shape index (κ3) is 5.03. The molecule has 8 heteroatoms. The minimum absolute atomic E-state index is 0.118. The van der Waals surface area contributed by atoms with Gasteiger partial charge in [0.1, 0.15) is 5.69 Å². The molecule has 2 aromatic carbocycles. The van der Waals surface area contributed by atoms with Crippen LogP contribution >= 0.6 is 0 Å². The first-order valence-corrected chi connectivity index (χ1v) is 9.99. The van der Waals surface area contributed by atoms with Crippen LogP contribution in [0.3, 0.4) is 0 Å². The normalized spacial score (nSPS) is 11.3. The summed E-state index contributed by atoms with van der Waals surface area (Å²) in [4.78, 5) is 10.7. The molecule has 26 heavy (non-hydrogen) atoms. The van der Waals surface area contributed by atoms with Crippen LogP contribution in [0.1, 0.15) is 32.3 Å². The number of anilines is 2. The number of nitro benzene ring substituents is 1. The molecular weight excluding hydrogens is 354 g/mol. The molecule has 0 fully saturated rings. The third-order valence-electron chi connectivity index (χ3n) is 3.94. The molecule has 0 spiro atoms. The van der Waals surface area contributed by atoms with E-state index in [4.69, 9.17) is 0 Å². The second kappa shape index (κ2) is 8.77. The van der Waals surface area contributed by atoms with Gasteiger partial charge in [-0.05, 0) is 42.7 Å². The highest BCUT2D eigenvalue weighted by atomic mass is 32.2. The summed E-state index contributed by atoms with van der Waals surface area (Å²) in [6, 6.07) is 11.4. The van der Waals surface area contributed by atoms with E-state index < -0.39 is 14.9 Å². The van der Waals surface area contributed by atoms with E-state index in [9.17, 15) is 18.5 Å². The van der Waals surface area contributed by atoms with Gasteiger partial charge < -0.3 is 5.32 Å². The number of hydrogen-bond donors (Lipinski definition) is 2. The van der Waals surface area contributed by atoms with Gasteiger partial charge in [-0.2, -0.15) is 0 Å². The molecule has 0 aliphatic carbocycles. The molecular formula is C18H23N3O4S. The number of aryl methyl sites for hydroxylation is 1. The number of unbranched alkanes of at least 4 members (excludes halogenated alkanes) is 1. The van der Waals surface area contributed by atoms with Gasteiger partial charge in [0.2, 0.25) is 10.0 Å². The van der Waals surface area contributed by atoms with Crippen molar-refractivity contribution in [3.05, 3.63) is 58.1 Å². The van der Waals surface area contributed by atoms with Crippen molar-refractivity contribution in [1.29, 1.82) is 0 Å². The maximum absolute atomic E-state index is 12.3. The quantitative estimate of drug-likeness (QED) is 0.391. The fraction of sp³-hybridized carbons (Fsp3) is 0.333. The van der Waals surface area contributed by atoms with Gasteiger partial charge in [-0.3, -0.25) is 10.1 Å². The Balaban J connectivity index is 2.29. The van der Waals surface area contributed by atoms with E-state index in [0.29, 0.717) is 18.7 Å². The van der Waals surface area contributed by atoms with Gasteiger partial charge in [-0.1, -0.05) is 32.4 Å².